The molecule has 6 heteroatoms. The van der Waals surface area contributed by atoms with E-state index in [9.17, 15) is 14.4 Å². The highest BCUT2D eigenvalue weighted by Gasteiger charge is 2.18. The number of benzene rings is 1. The van der Waals surface area contributed by atoms with Crippen LogP contribution in [-0.2, 0) is 9.47 Å². The molecule has 23 heavy (non-hydrogen) atoms. The zero-order valence-electron chi connectivity index (χ0n) is 13.1. The molecule has 0 fully saturated rings. The van der Waals surface area contributed by atoms with Crippen LogP contribution in [0.5, 0.6) is 0 Å². The second-order valence-electron chi connectivity index (χ2n) is 4.96. The molecule has 1 aromatic heterocycles. The second kappa shape index (κ2) is 7.58. The van der Waals surface area contributed by atoms with Gasteiger partial charge >= 0.3 is 17.6 Å². The molecule has 2 rings (SSSR count). The molecule has 0 bridgehead atoms. The monoisotopic (exact) mass is 318 g/mol. The number of carbonyl (C=O) groups is 2. The normalized spacial score (nSPS) is 10.5. The zero-order chi connectivity index (χ0) is 16.8. The van der Waals surface area contributed by atoms with Gasteiger partial charge in [-0.2, -0.15) is 0 Å². The lowest BCUT2D eigenvalue weighted by Gasteiger charge is -2.09. The molecule has 0 aliphatic carbocycles. The first kappa shape index (κ1) is 16.7. The largest absolute Gasteiger partial charge is 0.462 e. The summed E-state index contributed by atoms with van der Waals surface area (Å²) in [6, 6.07) is 5.49. The lowest BCUT2D eigenvalue weighted by molar-refractivity contribution is 0.0504. The Hall–Kier alpha value is -2.63. The molecule has 0 amide bonds. The van der Waals surface area contributed by atoms with E-state index in [4.69, 9.17) is 13.9 Å². The van der Waals surface area contributed by atoms with Gasteiger partial charge in [0.1, 0.15) is 5.58 Å². The van der Waals surface area contributed by atoms with E-state index in [1.807, 2.05) is 13.8 Å². The Bertz CT molecular complexity index is 774. The minimum Gasteiger partial charge on any atom is -0.462 e. The Labute approximate surface area is 133 Å². The summed E-state index contributed by atoms with van der Waals surface area (Å²) in [5, 5.41) is 0.415. The number of hydrogen-bond donors (Lipinski definition) is 0. The highest BCUT2D eigenvalue weighted by Crippen LogP contribution is 2.22. The first-order valence-corrected chi connectivity index (χ1v) is 7.49. The number of esters is 2. The molecule has 122 valence electrons. The van der Waals surface area contributed by atoms with Crippen molar-refractivity contribution in [3.63, 3.8) is 0 Å². The van der Waals surface area contributed by atoms with Crippen molar-refractivity contribution in [1.82, 2.24) is 0 Å². The molecule has 0 radical (unpaired) electrons. The highest BCUT2D eigenvalue weighted by atomic mass is 16.5. The van der Waals surface area contributed by atoms with Crippen molar-refractivity contribution >= 4 is 22.9 Å². The maximum Gasteiger partial charge on any atom is 0.338 e. The van der Waals surface area contributed by atoms with E-state index in [1.165, 1.54) is 24.3 Å². The SMILES string of the molecule is CCCOC(=O)c1cc(C(=O)OCCC)c2ccc(=O)oc2c1. The lowest BCUT2D eigenvalue weighted by Crippen LogP contribution is -2.11. The van der Waals surface area contributed by atoms with Crippen LogP contribution in [0.15, 0.2) is 33.5 Å². The fraction of sp³-hybridized carbons (Fsp3) is 0.353. The topological polar surface area (TPSA) is 82.8 Å². The van der Waals surface area contributed by atoms with Crippen molar-refractivity contribution < 1.29 is 23.5 Å². The van der Waals surface area contributed by atoms with Crippen LogP contribution in [0, 0.1) is 0 Å². The van der Waals surface area contributed by atoms with Crippen molar-refractivity contribution in [2.75, 3.05) is 13.2 Å². The van der Waals surface area contributed by atoms with Crippen LogP contribution in [0.25, 0.3) is 11.0 Å². The summed E-state index contributed by atoms with van der Waals surface area (Å²) < 4.78 is 15.3. The van der Waals surface area contributed by atoms with E-state index < -0.39 is 17.6 Å². The molecular weight excluding hydrogens is 300 g/mol. The number of hydrogen-bond acceptors (Lipinski definition) is 6. The van der Waals surface area contributed by atoms with Crippen LogP contribution in [0.1, 0.15) is 47.4 Å². The van der Waals surface area contributed by atoms with Gasteiger partial charge in [0, 0.05) is 11.5 Å². The van der Waals surface area contributed by atoms with Crippen LogP contribution >= 0.6 is 0 Å². The van der Waals surface area contributed by atoms with Crippen LogP contribution in [0.2, 0.25) is 0 Å². The van der Waals surface area contributed by atoms with Crippen molar-refractivity contribution in [1.29, 1.82) is 0 Å². The van der Waals surface area contributed by atoms with Gasteiger partial charge in [0.2, 0.25) is 0 Å². The van der Waals surface area contributed by atoms with Crippen molar-refractivity contribution in [2.45, 2.75) is 26.7 Å². The maximum absolute atomic E-state index is 12.2. The third-order valence-electron chi connectivity index (χ3n) is 3.07. The van der Waals surface area contributed by atoms with Gasteiger partial charge < -0.3 is 13.9 Å². The van der Waals surface area contributed by atoms with Crippen molar-refractivity contribution in [2.24, 2.45) is 0 Å². The summed E-state index contributed by atoms with van der Waals surface area (Å²) in [5.41, 5.74) is -0.108. The molecule has 1 heterocycles. The molecule has 6 nitrogen and oxygen atoms in total. The van der Waals surface area contributed by atoms with Crippen LogP contribution in [-0.4, -0.2) is 25.2 Å². The standard InChI is InChI=1S/C17H18O6/c1-3-7-21-16(19)11-9-13(17(20)22-8-4-2)12-5-6-15(18)23-14(12)10-11/h5-6,9-10H,3-4,7-8H2,1-2H3. The second-order valence-corrected chi connectivity index (χ2v) is 4.96. The predicted octanol–water partition coefficient (Wildman–Crippen LogP) is 2.93. The average Bonchev–Trinajstić information content (AvgIpc) is 2.56. The number of rotatable bonds is 6. The Morgan fingerprint density at radius 1 is 1.00 bits per heavy atom. The molecule has 0 atom stereocenters. The lowest BCUT2D eigenvalue weighted by atomic mass is 10.1. The average molecular weight is 318 g/mol. The summed E-state index contributed by atoms with van der Waals surface area (Å²) in [4.78, 5) is 35.6. The first-order valence-electron chi connectivity index (χ1n) is 7.49. The van der Waals surface area contributed by atoms with Gasteiger partial charge in [-0.25, -0.2) is 14.4 Å². The Kier molecular flexibility index (Phi) is 5.51. The van der Waals surface area contributed by atoms with Gasteiger partial charge in [0.05, 0.1) is 24.3 Å². The molecule has 0 unspecified atom stereocenters. The van der Waals surface area contributed by atoms with Crippen LogP contribution in [0.4, 0.5) is 0 Å². The number of carbonyl (C=O) groups excluding carboxylic acids is 2. The molecule has 0 N–H and O–H groups in total. The number of fused-ring (bicyclic) bond motifs is 1. The van der Waals surface area contributed by atoms with Crippen LogP contribution < -0.4 is 5.63 Å². The smallest absolute Gasteiger partial charge is 0.338 e. The fourth-order valence-electron chi connectivity index (χ4n) is 2.01. The van der Waals surface area contributed by atoms with E-state index in [1.54, 1.807) is 0 Å². The molecule has 0 saturated carbocycles. The van der Waals surface area contributed by atoms with Gasteiger partial charge in [-0.15, -0.1) is 0 Å². The minimum absolute atomic E-state index is 0.142. The van der Waals surface area contributed by atoms with Gasteiger partial charge in [-0.05, 0) is 31.0 Å². The molecule has 1 aromatic carbocycles. The summed E-state index contributed by atoms with van der Waals surface area (Å²) in [7, 11) is 0. The van der Waals surface area contributed by atoms with Gasteiger partial charge in [-0.1, -0.05) is 13.8 Å². The molecule has 0 aliphatic heterocycles. The number of ether oxygens (including phenoxy) is 2. The summed E-state index contributed by atoms with van der Waals surface area (Å²) in [6.45, 7) is 4.29. The molecular formula is C17H18O6. The Morgan fingerprint density at radius 3 is 2.30 bits per heavy atom. The summed E-state index contributed by atoms with van der Waals surface area (Å²) in [6.07, 6.45) is 1.36. The van der Waals surface area contributed by atoms with E-state index in [0.717, 1.165) is 0 Å². The molecule has 0 aliphatic rings. The fourth-order valence-corrected chi connectivity index (χ4v) is 2.01. The van der Waals surface area contributed by atoms with E-state index >= 15 is 0 Å². The predicted molar refractivity (Wildman–Crippen MR) is 83.6 cm³/mol. The van der Waals surface area contributed by atoms with Gasteiger partial charge in [0.25, 0.3) is 0 Å². The zero-order valence-corrected chi connectivity index (χ0v) is 13.1. The Morgan fingerprint density at radius 2 is 1.65 bits per heavy atom. The third-order valence-corrected chi connectivity index (χ3v) is 3.07. The quantitative estimate of drug-likeness (QED) is 0.601. The molecule has 0 spiro atoms. The van der Waals surface area contributed by atoms with E-state index in [2.05, 4.69) is 0 Å². The van der Waals surface area contributed by atoms with E-state index in [0.29, 0.717) is 18.2 Å². The molecule has 0 saturated heterocycles. The van der Waals surface area contributed by atoms with Crippen molar-refractivity contribution in [3.8, 4) is 0 Å². The third kappa shape index (κ3) is 3.97. The first-order chi connectivity index (χ1) is 11.1. The summed E-state index contributed by atoms with van der Waals surface area (Å²) >= 11 is 0. The molecule has 2 aromatic rings. The highest BCUT2D eigenvalue weighted by molar-refractivity contribution is 6.06. The maximum atomic E-state index is 12.2. The van der Waals surface area contributed by atoms with Crippen LogP contribution in [0.3, 0.4) is 0 Å². The summed E-state index contributed by atoms with van der Waals surface area (Å²) in [5.74, 6) is -1.15. The van der Waals surface area contributed by atoms with Crippen molar-refractivity contribution in [3.05, 3.63) is 45.8 Å². The van der Waals surface area contributed by atoms with Gasteiger partial charge in [-0.3, -0.25) is 0 Å². The van der Waals surface area contributed by atoms with Gasteiger partial charge in [0.15, 0.2) is 0 Å². The van der Waals surface area contributed by atoms with E-state index in [-0.39, 0.29) is 29.9 Å². The Balaban J connectivity index is 2.51. The minimum atomic E-state index is -0.579.